The third-order valence-electron chi connectivity index (χ3n) is 10.2. The van der Waals surface area contributed by atoms with Crippen LogP contribution in [0.4, 0.5) is 0 Å². The monoisotopic (exact) mass is 586 g/mol. The SMILES string of the molecule is CC1(C)OB(c2ccc(-c3ccc4c(c3)[Si](c3ccccc3)(c3cccc5ccccc35)c3ccccc3-4)cc2)OC1(C)C. The van der Waals surface area contributed by atoms with Gasteiger partial charge in [-0.3, -0.25) is 0 Å². The highest BCUT2D eigenvalue weighted by Crippen LogP contribution is 2.37. The van der Waals surface area contributed by atoms with Crippen LogP contribution in [0.2, 0.25) is 0 Å². The normalized spacial score (nSPS) is 19.6. The second-order valence-corrected chi connectivity index (χ2v) is 16.9. The Morgan fingerprint density at radius 3 is 1.86 bits per heavy atom. The molecule has 4 heteroatoms. The molecule has 0 aliphatic carbocycles. The number of fused-ring (bicyclic) bond motifs is 4. The lowest BCUT2D eigenvalue weighted by atomic mass is 9.78. The van der Waals surface area contributed by atoms with Crippen LogP contribution in [0.1, 0.15) is 27.7 Å². The number of benzene rings is 6. The minimum atomic E-state index is -2.66. The van der Waals surface area contributed by atoms with Gasteiger partial charge in [0.2, 0.25) is 0 Å². The summed E-state index contributed by atoms with van der Waals surface area (Å²) in [6, 6.07) is 52.0. The van der Waals surface area contributed by atoms with Crippen molar-refractivity contribution in [2.45, 2.75) is 38.9 Å². The quantitative estimate of drug-likeness (QED) is 0.230. The van der Waals surface area contributed by atoms with E-state index < -0.39 is 8.07 Å². The summed E-state index contributed by atoms with van der Waals surface area (Å²) in [6.45, 7) is 8.40. The minimum Gasteiger partial charge on any atom is -0.399 e. The molecular weight excluding hydrogens is 551 g/mol. The van der Waals surface area contributed by atoms with Gasteiger partial charge in [-0.2, -0.15) is 0 Å². The van der Waals surface area contributed by atoms with Crippen molar-refractivity contribution in [3.05, 3.63) is 140 Å². The second kappa shape index (κ2) is 9.90. The fourth-order valence-electron chi connectivity index (χ4n) is 7.27. The Bertz CT molecular complexity index is 2010. The average molecular weight is 587 g/mol. The Balaban J connectivity index is 1.33. The largest absolute Gasteiger partial charge is 0.494 e. The molecular formula is C40H35BO2Si. The fourth-order valence-corrected chi connectivity index (χ4v) is 12.7. The van der Waals surface area contributed by atoms with Gasteiger partial charge in [-0.25, -0.2) is 0 Å². The van der Waals surface area contributed by atoms with Crippen molar-refractivity contribution in [2.24, 2.45) is 0 Å². The molecule has 2 aliphatic heterocycles. The molecule has 214 valence electrons. The van der Waals surface area contributed by atoms with Gasteiger partial charge in [0, 0.05) is 0 Å². The van der Waals surface area contributed by atoms with E-state index in [9.17, 15) is 0 Å². The lowest BCUT2D eigenvalue weighted by Gasteiger charge is -2.32. The smallest absolute Gasteiger partial charge is 0.399 e. The highest BCUT2D eigenvalue weighted by atomic mass is 28.3. The molecule has 2 heterocycles. The van der Waals surface area contributed by atoms with Gasteiger partial charge in [-0.1, -0.05) is 140 Å². The van der Waals surface area contributed by atoms with Crippen molar-refractivity contribution in [1.29, 1.82) is 0 Å². The molecule has 0 spiro atoms. The molecule has 0 N–H and O–H groups in total. The first-order chi connectivity index (χ1) is 21.3. The molecule has 1 unspecified atom stereocenters. The van der Waals surface area contributed by atoms with Gasteiger partial charge in [-0.05, 0) is 86.9 Å². The Hall–Kier alpha value is -4.22. The Kier molecular flexibility index (Phi) is 6.15. The molecule has 2 aliphatic rings. The van der Waals surface area contributed by atoms with E-state index in [4.69, 9.17) is 9.31 Å². The van der Waals surface area contributed by atoms with Crippen LogP contribution in [0.25, 0.3) is 33.0 Å². The summed E-state index contributed by atoms with van der Waals surface area (Å²) in [4.78, 5) is 0. The molecule has 8 rings (SSSR count). The van der Waals surface area contributed by atoms with Crippen molar-refractivity contribution >= 4 is 52.2 Å². The zero-order chi connectivity index (χ0) is 30.1. The van der Waals surface area contributed by atoms with Gasteiger partial charge in [0.15, 0.2) is 8.07 Å². The zero-order valence-electron chi connectivity index (χ0n) is 25.7. The standard InChI is InChI=1S/C40H35BO2Si/c1-39(2)40(3,4)43-41(42-39)31-24-21-28(22-25-31)30-23-26-35-34-18-10-11-19-37(34)44(38(35)27-30,32-15-6-5-7-16-32)36-20-12-14-29-13-8-9-17-33(29)36/h5-27H,1-4H3. The van der Waals surface area contributed by atoms with Gasteiger partial charge in [0.05, 0.1) is 11.2 Å². The maximum atomic E-state index is 6.34. The molecule has 0 amide bonds. The maximum Gasteiger partial charge on any atom is 0.494 e. The lowest BCUT2D eigenvalue weighted by molar-refractivity contribution is 0.00578. The summed E-state index contributed by atoms with van der Waals surface area (Å²) in [6.07, 6.45) is 0. The highest BCUT2D eigenvalue weighted by Gasteiger charge is 2.52. The summed E-state index contributed by atoms with van der Waals surface area (Å²) < 4.78 is 12.7. The predicted molar refractivity (Wildman–Crippen MR) is 188 cm³/mol. The molecule has 2 nitrogen and oxygen atoms in total. The van der Waals surface area contributed by atoms with E-state index in [1.54, 1.807) is 0 Å². The number of rotatable bonds is 4. The van der Waals surface area contributed by atoms with Crippen molar-refractivity contribution in [3.8, 4) is 22.3 Å². The maximum absolute atomic E-state index is 6.34. The van der Waals surface area contributed by atoms with E-state index in [0.29, 0.717) is 0 Å². The Morgan fingerprint density at radius 2 is 1.09 bits per heavy atom. The lowest BCUT2D eigenvalue weighted by Crippen LogP contribution is -2.73. The van der Waals surface area contributed by atoms with Gasteiger partial charge in [0.25, 0.3) is 0 Å². The summed E-state index contributed by atoms with van der Waals surface area (Å²) in [7, 11) is -3.03. The van der Waals surface area contributed by atoms with Crippen molar-refractivity contribution in [1.82, 2.24) is 0 Å². The second-order valence-electron chi connectivity index (χ2n) is 13.2. The minimum absolute atomic E-state index is 0.363. The summed E-state index contributed by atoms with van der Waals surface area (Å²) in [5.74, 6) is 0. The molecule has 0 aromatic heterocycles. The summed E-state index contributed by atoms with van der Waals surface area (Å²) in [5.41, 5.74) is 5.44. The molecule has 0 bridgehead atoms. The number of hydrogen-bond donors (Lipinski definition) is 0. The molecule has 0 radical (unpaired) electrons. The van der Waals surface area contributed by atoms with Crippen LogP contribution in [0.15, 0.2) is 140 Å². The molecule has 1 atom stereocenters. The van der Waals surface area contributed by atoms with E-state index in [-0.39, 0.29) is 18.3 Å². The topological polar surface area (TPSA) is 18.5 Å². The predicted octanol–water partition coefficient (Wildman–Crippen LogP) is 6.16. The third-order valence-corrected chi connectivity index (χ3v) is 15.1. The molecule has 1 fully saturated rings. The van der Waals surface area contributed by atoms with Crippen LogP contribution in [0.5, 0.6) is 0 Å². The van der Waals surface area contributed by atoms with Crippen molar-refractivity contribution in [2.75, 3.05) is 0 Å². The van der Waals surface area contributed by atoms with Crippen LogP contribution in [-0.2, 0) is 9.31 Å². The van der Waals surface area contributed by atoms with Gasteiger partial charge in [0.1, 0.15) is 0 Å². The van der Waals surface area contributed by atoms with Gasteiger partial charge < -0.3 is 9.31 Å². The van der Waals surface area contributed by atoms with E-state index >= 15 is 0 Å². The van der Waals surface area contributed by atoms with Crippen LogP contribution >= 0.6 is 0 Å². The molecule has 6 aromatic rings. The van der Waals surface area contributed by atoms with Crippen LogP contribution in [0, 0.1) is 0 Å². The average Bonchev–Trinajstić information content (AvgIpc) is 3.47. The first-order valence-electron chi connectivity index (χ1n) is 15.5. The van der Waals surface area contributed by atoms with Crippen LogP contribution in [-0.4, -0.2) is 26.4 Å². The highest BCUT2D eigenvalue weighted by molar-refractivity contribution is 7.23. The molecule has 44 heavy (non-hydrogen) atoms. The van der Waals surface area contributed by atoms with Crippen molar-refractivity contribution < 1.29 is 9.31 Å². The molecule has 1 saturated heterocycles. The van der Waals surface area contributed by atoms with Gasteiger partial charge in [-0.15, -0.1) is 0 Å². The van der Waals surface area contributed by atoms with E-state index in [1.165, 1.54) is 53.8 Å². The summed E-state index contributed by atoms with van der Waals surface area (Å²) in [5, 5.41) is 8.40. The third kappa shape index (κ3) is 3.95. The summed E-state index contributed by atoms with van der Waals surface area (Å²) >= 11 is 0. The first-order valence-corrected chi connectivity index (χ1v) is 17.5. The first kappa shape index (κ1) is 27.3. The molecule has 0 saturated carbocycles. The van der Waals surface area contributed by atoms with E-state index in [2.05, 4.69) is 167 Å². The zero-order valence-corrected chi connectivity index (χ0v) is 26.7. The Morgan fingerprint density at radius 1 is 0.500 bits per heavy atom. The fraction of sp³-hybridized carbons (Fsp3) is 0.150. The Labute approximate surface area is 261 Å². The van der Waals surface area contributed by atoms with E-state index in [1.807, 2.05) is 0 Å². The van der Waals surface area contributed by atoms with Crippen molar-refractivity contribution in [3.63, 3.8) is 0 Å². The van der Waals surface area contributed by atoms with Gasteiger partial charge >= 0.3 is 7.12 Å². The van der Waals surface area contributed by atoms with Crippen LogP contribution < -0.4 is 26.2 Å². The molecule has 6 aromatic carbocycles. The van der Waals surface area contributed by atoms with Crippen LogP contribution in [0.3, 0.4) is 0 Å². The number of hydrogen-bond acceptors (Lipinski definition) is 2. The van der Waals surface area contributed by atoms with E-state index in [0.717, 1.165) is 5.46 Å².